The van der Waals surface area contributed by atoms with Crippen LogP contribution in [0.3, 0.4) is 0 Å². The normalized spacial score (nSPS) is 16.1. The van der Waals surface area contributed by atoms with Gasteiger partial charge in [0.2, 0.25) is 15.9 Å². The van der Waals surface area contributed by atoms with Crippen molar-refractivity contribution in [3.05, 3.63) is 53.8 Å². The van der Waals surface area contributed by atoms with Crippen LogP contribution in [-0.4, -0.2) is 36.7 Å². The quantitative estimate of drug-likeness (QED) is 0.650. The lowest BCUT2D eigenvalue weighted by Gasteiger charge is -2.30. The Morgan fingerprint density at radius 1 is 1.07 bits per heavy atom. The number of fused-ring (bicyclic) bond motifs is 1. The molecule has 1 fully saturated rings. The van der Waals surface area contributed by atoms with Gasteiger partial charge in [0.25, 0.3) is 0 Å². The third kappa shape index (κ3) is 4.05. The molecule has 1 aliphatic rings. The molecule has 6 nitrogen and oxygen atoms in total. The molecule has 1 aliphatic heterocycles. The van der Waals surface area contributed by atoms with Gasteiger partial charge in [0.1, 0.15) is 5.82 Å². The Labute approximate surface area is 174 Å². The summed E-state index contributed by atoms with van der Waals surface area (Å²) in [5.41, 5.74) is 0.573. The number of piperidine rings is 1. The van der Waals surface area contributed by atoms with Gasteiger partial charge in [0.05, 0.1) is 15.1 Å². The highest BCUT2D eigenvalue weighted by Crippen LogP contribution is 2.29. The predicted octanol–water partition coefficient (Wildman–Crippen LogP) is 3.75. The number of benzene rings is 2. The topological polar surface area (TPSA) is 79.4 Å². The van der Waals surface area contributed by atoms with Gasteiger partial charge in [-0.2, -0.15) is 4.31 Å². The van der Waals surface area contributed by atoms with E-state index in [1.807, 2.05) is 0 Å². The molecule has 3 aromatic rings. The SMILES string of the molecule is O=C(Nc1nc2ccc(F)cc2s1)C1CCN(S(=O)(=O)c2ccc(F)c(F)c2)CC1. The van der Waals surface area contributed by atoms with E-state index in [-0.39, 0.29) is 36.7 Å². The van der Waals surface area contributed by atoms with Crippen molar-refractivity contribution in [3.8, 4) is 0 Å². The first-order valence-electron chi connectivity index (χ1n) is 9.06. The van der Waals surface area contributed by atoms with E-state index >= 15 is 0 Å². The molecule has 0 radical (unpaired) electrons. The second kappa shape index (κ2) is 7.97. The first-order chi connectivity index (χ1) is 14.2. The van der Waals surface area contributed by atoms with Gasteiger partial charge >= 0.3 is 0 Å². The summed E-state index contributed by atoms with van der Waals surface area (Å²) in [5, 5.41) is 3.05. The number of nitrogens with one attached hydrogen (secondary N) is 1. The largest absolute Gasteiger partial charge is 0.302 e. The molecule has 2 heterocycles. The Kier molecular flexibility index (Phi) is 5.51. The maximum Gasteiger partial charge on any atom is 0.243 e. The number of hydrogen-bond donors (Lipinski definition) is 1. The molecular weight excluding hydrogens is 439 g/mol. The van der Waals surface area contributed by atoms with Crippen molar-refractivity contribution in [2.24, 2.45) is 5.92 Å². The summed E-state index contributed by atoms with van der Waals surface area (Å²) in [6, 6.07) is 6.59. The summed E-state index contributed by atoms with van der Waals surface area (Å²) >= 11 is 1.15. The molecule has 4 rings (SSSR count). The summed E-state index contributed by atoms with van der Waals surface area (Å²) in [5.74, 6) is -3.47. The molecule has 1 aromatic heterocycles. The van der Waals surface area contributed by atoms with E-state index in [0.717, 1.165) is 27.8 Å². The van der Waals surface area contributed by atoms with E-state index < -0.39 is 33.4 Å². The minimum Gasteiger partial charge on any atom is -0.302 e. The zero-order valence-corrected chi connectivity index (χ0v) is 17.1. The molecule has 0 unspecified atom stereocenters. The van der Waals surface area contributed by atoms with Gasteiger partial charge in [-0.15, -0.1) is 0 Å². The van der Waals surface area contributed by atoms with Crippen molar-refractivity contribution in [2.45, 2.75) is 17.7 Å². The van der Waals surface area contributed by atoms with Crippen LogP contribution in [0.25, 0.3) is 10.2 Å². The fourth-order valence-electron chi connectivity index (χ4n) is 3.30. The van der Waals surface area contributed by atoms with Crippen molar-refractivity contribution in [2.75, 3.05) is 18.4 Å². The highest BCUT2D eigenvalue weighted by Gasteiger charge is 2.32. The van der Waals surface area contributed by atoms with Gasteiger partial charge in [-0.05, 0) is 49.2 Å². The Morgan fingerprint density at radius 3 is 2.50 bits per heavy atom. The monoisotopic (exact) mass is 455 g/mol. The lowest BCUT2D eigenvalue weighted by molar-refractivity contribution is -0.120. The highest BCUT2D eigenvalue weighted by atomic mass is 32.2. The second-order valence-corrected chi connectivity index (χ2v) is 9.84. The number of amides is 1. The van der Waals surface area contributed by atoms with Gasteiger partial charge in [-0.3, -0.25) is 4.79 Å². The molecule has 158 valence electrons. The first kappa shape index (κ1) is 20.8. The molecule has 0 spiro atoms. The van der Waals surface area contributed by atoms with Crippen LogP contribution in [0.2, 0.25) is 0 Å². The Hall–Kier alpha value is -2.50. The van der Waals surface area contributed by atoms with E-state index in [1.165, 1.54) is 18.2 Å². The summed E-state index contributed by atoms with van der Waals surface area (Å²) < 4.78 is 66.8. The average Bonchev–Trinajstić information content (AvgIpc) is 3.11. The molecule has 0 bridgehead atoms. The van der Waals surface area contributed by atoms with Gasteiger partial charge in [0, 0.05) is 19.0 Å². The Bertz CT molecular complexity index is 1220. The number of hydrogen-bond acceptors (Lipinski definition) is 5. The molecule has 30 heavy (non-hydrogen) atoms. The molecule has 1 N–H and O–H groups in total. The van der Waals surface area contributed by atoms with Crippen LogP contribution in [0.15, 0.2) is 41.3 Å². The van der Waals surface area contributed by atoms with Crippen molar-refractivity contribution >= 4 is 42.6 Å². The summed E-state index contributed by atoms with van der Waals surface area (Å²) in [6.07, 6.45) is 0.544. The third-order valence-electron chi connectivity index (χ3n) is 4.93. The van der Waals surface area contributed by atoms with Crippen molar-refractivity contribution < 1.29 is 26.4 Å². The number of carbonyl (C=O) groups is 1. The maximum atomic E-state index is 13.4. The van der Waals surface area contributed by atoms with Gasteiger partial charge in [-0.1, -0.05) is 11.3 Å². The molecule has 1 saturated heterocycles. The molecule has 1 amide bonds. The summed E-state index contributed by atoms with van der Waals surface area (Å²) in [7, 11) is -3.98. The van der Waals surface area contributed by atoms with Crippen molar-refractivity contribution in [1.29, 1.82) is 0 Å². The maximum absolute atomic E-state index is 13.4. The first-order valence-corrected chi connectivity index (χ1v) is 11.3. The fourth-order valence-corrected chi connectivity index (χ4v) is 5.68. The van der Waals surface area contributed by atoms with Crippen LogP contribution in [-0.2, 0) is 14.8 Å². The molecular formula is C19H16F3N3O3S2. The number of thiazole rings is 1. The standard InChI is InChI=1S/C19H16F3N3O3S2/c20-12-1-4-16-17(9-12)29-19(23-16)24-18(26)11-5-7-25(8-6-11)30(27,28)13-2-3-14(21)15(22)10-13/h1-4,9-11H,5-8H2,(H,23,24,26). The van der Waals surface area contributed by atoms with Crippen molar-refractivity contribution in [1.82, 2.24) is 9.29 Å². The van der Waals surface area contributed by atoms with Crippen LogP contribution < -0.4 is 5.32 Å². The minimum atomic E-state index is -3.98. The van der Waals surface area contributed by atoms with E-state index in [1.54, 1.807) is 0 Å². The van der Waals surface area contributed by atoms with E-state index in [4.69, 9.17) is 0 Å². The number of aromatic nitrogens is 1. The number of rotatable bonds is 4. The Balaban J connectivity index is 1.40. The zero-order chi connectivity index (χ0) is 21.5. The number of nitrogens with zero attached hydrogens (tertiary/aromatic N) is 2. The van der Waals surface area contributed by atoms with Crippen LogP contribution in [0.5, 0.6) is 0 Å². The number of anilines is 1. The molecule has 2 aromatic carbocycles. The van der Waals surface area contributed by atoms with Crippen LogP contribution in [0, 0.1) is 23.4 Å². The fraction of sp³-hybridized carbons (Fsp3) is 0.263. The predicted molar refractivity (Wildman–Crippen MR) is 106 cm³/mol. The zero-order valence-electron chi connectivity index (χ0n) is 15.4. The number of sulfonamides is 1. The smallest absolute Gasteiger partial charge is 0.243 e. The summed E-state index contributed by atoms with van der Waals surface area (Å²) in [4.78, 5) is 16.5. The van der Waals surface area contributed by atoms with Crippen LogP contribution >= 0.6 is 11.3 Å². The van der Waals surface area contributed by atoms with Gasteiger partial charge in [0.15, 0.2) is 16.8 Å². The molecule has 11 heteroatoms. The van der Waals surface area contributed by atoms with Gasteiger partial charge < -0.3 is 5.32 Å². The Morgan fingerprint density at radius 2 is 1.80 bits per heavy atom. The average molecular weight is 455 g/mol. The number of carbonyl (C=O) groups excluding carboxylic acids is 1. The van der Waals surface area contributed by atoms with E-state index in [0.29, 0.717) is 21.4 Å². The van der Waals surface area contributed by atoms with Crippen LogP contribution in [0.4, 0.5) is 18.3 Å². The lowest BCUT2D eigenvalue weighted by atomic mass is 9.97. The highest BCUT2D eigenvalue weighted by molar-refractivity contribution is 7.89. The number of halogens is 3. The van der Waals surface area contributed by atoms with E-state index in [2.05, 4.69) is 10.3 Å². The third-order valence-corrected chi connectivity index (χ3v) is 7.76. The molecule has 0 atom stereocenters. The molecule has 0 saturated carbocycles. The lowest BCUT2D eigenvalue weighted by Crippen LogP contribution is -2.41. The van der Waals surface area contributed by atoms with E-state index in [9.17, 15) is 26.4 Å². The second-order valence-electron chi connectivity index (χ2n) is 6.87. The van der Waals surface area contributed by atoms with Crippen molar-refractivity contribution in [3.63, 3.8) is 0 Å². The van der Waals surface area contributed by atoms with Crippen LogP contribution in [0.1, 0.15) is 12.8 Å². The van der Waals surface area contributed by atoms with Gasteiger partial charge in [-0.25, -0.2) is 26.6 Å². The minimum absolute atomic E-state index is 0.0739. The molecule has 0 aliphatic carbocycles. The summed E-state index contributed by atoms with van der Waals surface area (Å²) in [6.45, 7) is 0.148.